The predicted molar refractivity (Wildman–Crippen MR) is 47.8 cm³/mol. The van der Waals surface area contributed by atoms with E-state index in [0.29, 0.717) is 11.6 Å². The lowest BCUT2D eigenvalue weighted by Crippen LogP contribution is -2.19. The van der Waals surface area contributed by atoms with Gasteiger partial charge in [-0.25, -0.2) is 0 Å². The van der Waals surface area contributed by atoms with Crippen molar-refractivity contribution in [2.75, 3.05) is 6.61 Å². The fourth-order valence-electron chi connectivity index (χ4n) is 2.23. The van der Waals surface area contributed by atoms with Crippen LogP contribution in [-0.4, -0.2) is 21.4 Å². The van der Waals surface area contributed by atoms with Gasteiger partial charge in [0.1, 0.15) is 0 Å². The van der Waals surface area contributed by atoms with E-state index in [0.717, 1.165) is 12.5 Å². The minimum Gasteiger partial charge on any atom is -0.388 e. The average Bonchev–Trinajstić information content (AvgIpc) is 2.87. The molecule has 2 rings (SSSR count). The average molecular weight is 184 g/mol. The summed E-state index contributed by atoms with van der Waals surface area (Å²) >= 11 is 0. The number of hydrogen-bond donors (Lipinski definition) is 0. The lowest BCUT2D eigenvalue weighted by Gasteiger charge is -2.25. The van der Waals surface area contributed by atoms with E-state index < -0.39 is 8.68 Å². The van der Waals surface area contributed by atoms with Crippen molar-refractivity contribution < 1.29 is 9.20 Å². The van der Waals surface area contributed by atoms with Crippen LogP contribution in [0.5, 0.6) is 0 Å². The maximum absolute atomic E-state index is 11.2. The SMILES string of the molecule is C[Si](=O)C1CCC(C2CO2)CC1. The molecule has 0 spiro atoms. The molecule has 0 aromatic heterocycles. The highest BCUT2D eigenvalue weighted by atomic mass is 28.3. The van der Waals surface area contributed by atoms with E-state index in [4.69, 9.17) is 4.74 Å². The molecule has 0 amide bonds. The van der Waals surface area contributed by atoms with Crippen LogP contribution in [0.2, 0.25) is 12.1 Å². The van der Waals surface area contributed by atoms with Crippen molar-refractivity contribution in [3.63, 3.8) is 0 Å². The first-order valence-electron chi connectivity index (χ1n) is 4.89. The van der Waals surface area contributed by atoms with E-state index >= 15 is 0 Å². The second kappa shape index (κ2) is 3.38. The molecule has 0 bridgehead atoms. The van der Waals surface area contributed by atoms with Crippen molar-refractivity contribution in [1.82, 2.24) is 0 Å². The minimum atomic E-state index is -1.25. The van der Waals surface area contributed by atoms with Gasteiger partial charge in [0, 0.05) is 5.54 Å². The summed E-state index contributed by atoms with van der Waals surface area (Å²) in [5.41, 5.74) is 0.546. The molecule has 2 nitrogen and oxygen atoms in total. The monoisotopic (exact) mass is 184 g/mol. The molecular formula is C9H16O2Si. The molecule has 1 unspecified atom stereocenters. The molecule has 1 heterocycles. The molecule has 1 atom stereocenters. The second-order valence-corrected chi connectivity index (χ2v) is 6.13. The highest BCUT2D eigenvalue weighted by Gasteiger charge is 2.36. The highest BCUT2D eigenvalue weighted by Crippen LogP contribution is 2.38. The summed E-state index contributed by atoms with van der Waals surface area (Å²) in [4.78, 5) is 0. The van der Waals surface area contributed by atoms with E-state index in [1.54, 1.807) is 0 Å². The zero-order valence-electron chi connectivity index (χ0n) is 7.58. The van der Waals surface area contributed by atoms with Gasteiger partial charge in [-0.15, -0.1) is 0 Å². The van der Waals surface area contributed by atoms with Gasteiger partial charge in [0.2, 0.25) is 0 Å². The van der Waals surface area contributed by atoms with Crippen LogP contribution >= 0.6 is 0 Å². The van der Waals surface area contributed by atoms with Crippen LogP contribution in [0, 0.1) is 5.92 Å². The van der Waals surface area contributed by atoms with Crippen molar-refractivity contribution >= 4 is 8.68 Å². The van der Waals surface area contributed by atoms with Crippen LogP contribution in [0.15, 0.2) is 0 Å². The smallest absolute Gasteiger partial charge is 0.276 e. The van der Waals surface area contributed by atoms with Crippen molar-refractivity contribution in [2.45, 2.75) is 43.9 Å². The normalized spacial score (nSPS) is 40.9. The first kappa shape index (κ1) is 8.57. The fourth-order valence-corrected chi connectivity index (χ4v) is 3.37. The molecule has 1 aliphatic heterocycles. The summed E-state index contributed by atoms with van der Waals surface area (Å²) in [7, 11) is -1.25. The first-order chi connectivity index (χ1) is 5.77. The van der Waals surface area contributed by atoms with E-state index in [-0.39, 0.29) is 0 Å². The first-order valence-corrected chi connectivity index (χ1v) is 6.88. The van der Waals surface area contributed by atoms with Crippen molar-refractivity contribution in [3.8, 4) is 0 Å². The van der Waals surface area contributed by atoms with E-state index in [1.807, 2.05) is 6.55 Å². The maximum Gasteiger partial charge on any atom is 0.276 e. The van der Waals surface area contributed by atoms with Crippen molar-refractivity contribution in [3.05, 3.63) is 0 Å². The van der Waals surface area contributed by atoms with Crippen molar-refractivity contribution in [1.29, 1.82) is 0 Å². The van der Waals surface area contributed by atoms with E-state index in [1.165, 1.54) is 25.7 Å². The Bertz CT molecular complexity index is 181. The third-order valence-electron chi connectivity index (χ3n) is 3.23. The Kier molecular flexibility index (Phi) is 2.41. The van der Waals surface area contributed by atoms with Gasteiger partial charge in [0.15, 0.2) is 0 Å². The molecule has 0 N–H and O–H groups in total. The molecule has 3 heteroatoms. The van der Waals surface area contributed by atoms with Crippen LogP contribution in [0.4, 0.5) is 0 Å². The van der Waals surface area contributed by atoms with Crippen LogP contribution in [-0.2, 0) is 9.20 Å². The molecule has 0 radical (unpaired) electrons. The van der Waals surface area contributed by atoms with Crippen LogP contribution in [0.3, 0.4) is 0 Å². The lowest BCUT2D eigenvalue weighted by molar-refractivity contribution is 0.263. The van der Waals surface area contributed by atoms with Gasteiger partial charge < -0.3 is 9.20 Å². The topological polar surface area (TPSA) is 29.6 Å². The Labute approximate surface area is 75.0 Å². The molecule has 1 aliphatic carbocycles. The Hall–Kier alpha value is -0.0231. The third-order valence-corrected chi connectivity index (χ3v) is 4.96. The van der Waals surface area contributed by atoms with Gasteiger partial charge in [0.05, 0.1) is 12.7 Å². The summed E-state index contributed by atoms with van der Waals surface area (Å²) < 4.78 is 16.5. The molecule has 1 saturated heterocycles. The fraction of sp³-hybridized carbons (Fsp3) is 1.00. The Balaban J connectivity index is 1.80. The lowest BCUT2D eigenvalue weighted by atomic mass is 9.87. The van der Waals surface area contributed by atoms with Gasteiger partial charge in [-0.3, -0.25) is 0 Å². The predicted octanol–water partition coefficient (Wildman–Crippen LogP) is 2.00. The zero-order chi connectivity index (χ0) is 8.55. The standard InChI is InChI=1S/C9H16O2Si/c1-12(10)8-4-2-7(3-5-8)9-6-11-9/h7-9H,2-6H2,1H3. The highest BCUT2D eigenvalue weighted by molar-refractivity contribution is 6.42. The minimum absolute atomic E-state index is 0.546. The summed E-state index contributed by atoms with van der Waals surface area (Å²) in [5.74, 6) is 0.794. The number of epoxide rings is 1. The summed E-state index contributed by atoms with van der Waals surface area (Å²) in [6.07, 6.45) is 5.43. The largest absolute Gasteiger partial charge is 0.388 e. The molecule has 1 saturated carbocycles. The summed E-state index contributed by atoms with van der Waals surface area (Å²) in [6, 6.07) is 0. The van der Waals surface area contributed by atoms with E-state index in [9.17, 15) is 4.46 Å². The maximum atomic E-state index is 11.2. The molecule has 2 aliphatic rings. The van der Waals surface area contributed by atoms with Crippen LogP contribution in [0.25, 0.3) is 0 Å². The van der Waals surface area contributed by atoms with Crippen LogP contribution in [0.1, 0.15) is 25.7 Å². The van der Waals surface area contributed by atoms with Crippen molar-refractivity contribution in [2.24, 2.45) is 5.92 Å². The number of hydrogen-bond acceptors (Lipinski definition) is 2. The molecule has 12 heavy (non-hydrogen) atoms. The van der Waals surface area contributed by atoms with Gasteiger partial charge in [-0.2, -0.15) is 0 Å². The molecule has 0 aromatic rings. The van der Waals surface area contributed by atoms with Gasteiger partial charge >= 0.3 is 0 Å². The Morgan fingerprint density at radius 2 is 1.83 bits per heavy atom. The molecule has 2 fully saturated rings. The van der Waals surface area contributed by atoms with Crippen LogP contribution < -0.4 is 0 Å². The number of rotatable bonds is 2. The van der Waals surface area contributed by atoms with Gasteiger partial charge in [-0.05, 0) is 38.1 Å². The second-order valence-electron chi connectivity index (χ2n) is 4.09. The molecular weight excluding hydrogens is 168 g/mol. The quantitative estimate of drug-likeness (QED) is 0.485. The Morgan fingerprint density at radius 3 is 2.25 bits per heavy atom. The molecule has 68 valence electrons. The zero-order valence-corrected chi connectivity index (χ0v) is 8.58. The van der Waals surface area contributed by atoms with Gasteiger partial charge in [0.25, 0.3) is 8.68 Å². The summed E-state index contributed by atoms with van der Waals surface area (Å²) in [6.45, 7) is 2.89. The summed E-state index contributed by atoms with van der Waals surface area (Å²) in [5, 5.41) is 0. The Morgan fingerprint density at radius 1 is 1.25 bits per heavy atom. The third kappa shape index (κ3) is 1.83. The number of ether oxygens (including phenoxy) is 1. The van der Waals surface area contributed by atoms with E-state index in [2.05, 4.69) is 0 Å². The molecule has 0 aromatic carbocycles. The van der Waals surface area contributed by atoms with Gasteiger partial charge in [-0.1, -0.05) is 0 Å².